The third-order valence-electron chi connectivity index (χ3n) is 3.54. The molecule has 1 aromatic rings. The molecule has 1 aromatic carbocycles. The summed E-state index contributed by atoms with van der Waals surface area (Å²) < 4.78 is 5.08. The molecule has 0 aromatic heterocycles. The van der Waals surface area contributed by atoms with Crippen molar-refractivity contribution in [3.05, 3.63) is 23.2 Å². The summed E-state index contributed by atoms with van der Waals surface area (Å²) in [6, 6.07) is 5.71. The van der Waals surface area contributed by atoms with Crippen molar-refractivity contribution in [2.75, 3.05) is 39.1 Å². The Labute approximate surface area is 130 Å². The number of amides is 1. The Morgan fingerprint density at radius 2 is 2.38 bits per heavy atom. The molecule has 0 aliphatic carbocycles. The molecule has 2 rings (SSSR count). The van der Waals surface area contributed by atoms with Crippen LogP contribution in [0.4, 0.5) is 5.69 Å². The SMILES string of the molecule is COc1ccc(NC(=O)CN(C)CC2CCCN2)cc1Cl. The summed E-state index contributed by atoms with van der Waals surface area (Å²) in [7, 11) is 3.52. The van der Waals surface area contributed by atoms with Crippen molar-refractivity contribution in [1.82, 2.24) is 10.2 Å². The molecule has 0 spiro atoms. The molecule has 0 bridgehead atoms. The Hall–Kier alpha value is -1.30. The van der Waals surface area contributed by atoms with Gasteiger partial charge in [-0.15, -0.1) is 0 Å². The summed E-state index contributed by atoms with van der Waals surface area (Å²) in [6.45, 7) is 2.33. The van der Waals surface area contributed by atoms with Gasteiger partial charge in [0, 0.05) is 18.3 Å². The number of nitrogens with one attached hydrogen (secondary N) is 2. The van der Waals surface area contributed by atoms with Gasteiger partial charge in [-0.2, -0.15) is 0 Å². The van der Waals surface area contributed by atoms with Gasteiger partial charge in [-0.3, -0.25) is 9.69 Å². The van der Waals surface area contributed by atoms with E-state index in [1.165, 1.54) is 12.8 Å². The van der Waals surface area contributed by atoms with Crippen LogP contribution in [-0.4, -0.2) is 50.6 Å². The first-order chi connectivity index (χ1) is 10.1. The summed E-state index contributed by atoms with van der Waals surface area (Å²) in [5.41, 5.74) is 0.679. The molecule has 1 fully saturated rings. The van der Waals surface area contributed by atoms with Crippen LogP contribution in [0.5, 0.6) is 5.75 Å². The Morgan fingerprint density at radius 1 is 1.57 bits per heavy atom. The standard InChI is InChI=1S/C15H22ClN3O2/c1-19(9-12-4-3-7-17-12)10-15(20)18-11-5-6-14(21-2)13(16)8-11/h5-6,8,12,17H,3-4,7,9-10H2,1-2H3,(H,18,20). The maximum absolute atomic E-state index is 12.0. The molecule has 1 atom stereocenters. The minimum absolute atomic E-state index is 0.0447. The molecule has 1 amide bonds. The maximum Gasteiger partial charge on any atom is 0.238 e. The number of ether oxygens (including phenoxy) is 1. The van der Waals surface area contributed by atoms with Crippen molar-refractivity contribution in [3.63, 3.8) is 0 Å². The lowest BCUT2D eigenvalue weighted by Gasteiger charge is -2.20. The van der Waals surface area contributed by atoms with Crippen LogP contribution in [-0.2, 0) is 4.79 Å². The van der Waals surface area contributed by atoms with Gasteiger partial charge in [0.15, 0.2) is 0 Å². The first-order valence-corrected chi connectivity index (χ1v) is 7.51. The fourth-order valence-electron chi connectivity index (χ4n) is 2.54. The molecule has 1 unspecified atom stereocenters. The van der Waals surface area contributed by atoms with E-state index in [2.05, 4.69) is 10.6 Å². The highest BCUT2D eigenvalue weighted by Crippen LogP contribution is 2.27. The van der Waals surface area contributed by atoms with Gasteiger partial charge >= 0.3 is 0 Å². The zero-order valence-corrected chi connectivity index (χ0v) is 13.2. The largest absolute Gasteiger partial charge is 0.495 e. The van der Waals surface area contributed by atoms with Crippen LogP contribution >= 0.6 is 11.6 Å². The van der Waals surface area contributed by atoms with E-state index in [9.17, 15) is 4.79 Å². The Morgan fingerprint density at radius 3 is 3.00 bits per heavy atom. The third-order valence-corrected chi connectivity index (χ3v) is 3.84. The molecular weight excluding hydrogens is 290 g/mol. The second-order valence-electron chi connectivity index (χ2n) is 5.39. The van der Waals surface area contributed by atoms with E-state index in [1.54, 1.807) is 25.3 Å². The minimum Gasteiger partial charge on any atom is -0.495 e. The molecule has 1 aliphatic heterocycles. The summed E-state index contributed by atoms with van der Waals surface area (Å²) in [5.74, 6) is 0.552. The molecular formula is C15H22ClN3O2. The number of carbonyl (C=O) groups excluding carboxylic acids is 1. The van der Waals surface area contributed by atoms with Gasteiger partial charge in [0.2, 0.25) is 5.91 Å². The van der Waals surface area contributed by atoms with Gasteiger partial charge in [0.1, 0.15) is 5.75 Å². The normalized spacial score (nSPS) is 18.0. The van der Waals surface area contributed by atoms with E-state index in [0.717, 1.165) is 13.1 Å². The molecule has 0 saturated carbocycles. The van der Waals surface area contributed by atoms with E-state index < -0.39 is 0 Å². The van der Waals surface area contributed by atoms with E-state index in [-0.39, 0.29) is 5.91 Å². The summed E-state index contributed by atoms with van der Waals surface area (Å²) in [6.07, 6.45) is 2.40. The second kappa shape index (κ2) is 7.64. The number of carbonyl (C=O) groups is 1. The number of hydrogen-bond acceptors (Lipinski definition) is 4. The number of halogens is 1. The molecule has 1 heterocycles. The van der Waals surface area contributed by atoms with Crippen LogP contribution in [0.25, 0.3) is 0 Å². The molecule has 1 aliphatic rings. The van der Waals surface area contributed by atoms with Gasteiger partial charge in [-0.05, 0) is 44.6 Å². The number of nitrogens with zero attached hydrogens (tertiary/aromatic N) is 1. The lowest BCUT2D eigenvalue weighted by molar-refractivity contribution is -0.117. The predicted octanol–water partition coefficient (Wildman–Crippen LogP) is 1.97. The molecule has 21 heavy (non-hydrogen) atoms. The topological polar surface area (TPSA) is 53.6 Å². The highest BCUT2D eigenvalue weighted by Gasteiger charge is 2.17. The summed E-state index contributed by atoms with van der Waals surface area (Å²) >= 11 is 6.04. The van der Waals surface area contributed by atoms with Gasteiger partial charge in [-0.1, -0.05) is 11.6 Å². The van der Waals surface area contributed by atoms with Crippen molar-refractivity contribution < 1.29 is 9.53 Å². The second-order valence-corrected chi connectivity index (χ2v) is 5.79. The monoisotopic (exact) mass is 311 g/mol. The fraction of sp³-hybridized carbons (Fsp3) is 0.533. The predicted molar refractivity (Wildman–Crippen MR) is 85.2 cm³/mol. The Bertz CT molecular complexity index is 490. The Kier molecular flexibility index (Phi) is 5.85. The highest BCUT2D eigenvalue weighted by molar-refractivity contribution is 6.32. The minimum atomic E-state index is -0.0447. The van der Waals surface area contributed by atoms with Crippen molar-refractivity contribution >= 4 is 23.2 Å². The number of hydrogen-bond donors (Lipinski definition) is 2. The van der Waals surface area contributed by atoms with Crippen LogP contribution < -0.4 is 15.4 Å². The molecule has 116 valence electrons. The number of rotatable bonds is 6. The van der Waals surface area contributed by atoms with E-state index in [1.807, 2.05) is 11.9 Å². The van der Waals surface area contributed by atoms with Gasteiger partial charge in [-0.25, -0.2) is 0 Å². The molecule has 5 nitrogen and oxygen atoms in total. The number of benzene rings is 1. The van der Waals surface area contributed by atoms with Crippen molar-refractivity contribution in [1.29, 1.82) is 0 Å². The maximum atomic E-state index is 12.0. The van der Waals surface area contributed by atoms with Crippen LogP contribution in [0.3, 0.4) is 0 Å². The zero-order chi connectivity index (χ0) is 15.2. The first kappa shape index (κ1) is 16.1. The lowest BCUT2D eigenvalue weighted by Crippen LogP contribution is -2.39. The summed E-state index contributed by atoms with van der Waals surface area (Å²) in [5, 5.41) is 6.76. The summed E-state index contributed by atoms with van der Waals surface area (Å²) in [4.78, 5) is 14.0. The van der Waals surface area contributed by atoms with E-state index in [4.69, 9.17) is 16.3 Å². The zero-order valence-electron chi connectivity index (χ0n) is 12.5. The number of likely N-dealkylation sites (N-methyl/N-ethyl adjacent to an activating group) is 1. The van der Waals surface area contributed by atoms with Crippen LogP contribution in [0.1, 0.15) is 12.8 Å². The molecule has 1 saturated heterocycles. The van der Waals surface area contributed by atoms with Gasteiger partial charge < -0.3 is 15.4 Å². The van der Waals surface area contributed by atoms with Crippen LogP contribution in [0.2, 0.25) is 5.02 Å². The molecule has 2 N–H and O–H groups in total. The van der Waals surface area contributed by atoms with Crippen molar-refractivity contribution in [2.45, 2.75) is 18.9 Å². The first-order valence-electron chi connectivity index (χ1n) is 7.14. The molecule has 6 heteroatoms. The highest BCUT2D eigenvalue weighted by atomic mass is 35.5. The van der Waals surface area contributed by atoms with Crippen LogP contribution in [0.15, 0.2) is 18.2 Å². The quantitative estimate of drug-likeness (QED) is 0.843. The average molecular weight is 312 g/mol. The Balaban J connectivity index is 1.81. The van der Waals surface area contributed by atoms with Crippen LogP contribution in [0, 0.1) is 0 Å². The van der Waals surface area contributed by atoms with E-state index in [0.29, 0.717) is 29.0 Å². The van der Waals surface area contributed by atoms with Crippen molar-refractivity contribution in [2.24, 2.45) is 0 Å². The smallest absolute Gasteiger partial charge is 0.238 e. The lowest BCUT2D eigenvalue weighted by atomic mass is 10.2. The fourth-order valence-corrected chi connectivity index (χ4v) is 2.80. The number of methoxy groups -OCH3 is 1. The third kappa shape index (κ3) is 4.88. The molecule has 0 radical (unpaired) electrons. The van der Waals surface area contributed by atoms with Gasteiger partial charge in [0.05, 0.1) is 18.7 Å². The van der Waals surface area contributed by atoms with E-state index >= 15 is 0 Å². The average Bonchev–Trinajstić information content (AvgIpc) is 2.91. The number of anilines is 1. The van der Waals surface area contributed by atoms with Gasteiger partial charge in [0.25, 0.3) is 0 Å². The van der Waals surface area contributed by atoms with Crippen molar-refractivity contribution in [3.8, 4) is 5.75 Å².